The van der Waals surface area contributed by atoms with Crippen LogP contribution in [0, 0.1) is 11.2 Å². The Morgan fingerprint density at radius 1 is 1.36 bits per heavy atom. The van der Waals surface area contributed by atoms with Gasteiger partial charge in [0.05, 0.1) is 23.5 Å². The number of nitrogens with zero attached hydrogens (tertiary/aromatic N) is 2. The maximum Gasteiger partial charge on any atom is 0.320 e. The molecule has 6 N–H and O–H groups in total. The van der Waals surface area contributed by atoms with E-state index in [-0.39, 0.29) is 11.7 Å². The number of carbonyl (C=O) groups excluding carboxylic acids is 1. The molecule has 2 amide bonds. The van der Waals surface area contributed by atoms with Gasteiger partial charge in [0.2, 0.25) is 0 Å². The summed E-state index contributed by atoms with van der Waals surface area (Å²) < 4.78 is 12.9. The molecule has 1 unspecified atom stereocenters. The predicted octanol–water partition coefficient (Wildman–Crippen LogP) is 2.02. The molecule has 132 valence electrons. The molecule has 0 aliphatic rings. The van der Waals surface area contributed by atoms with Crippen molar-refractivity contribution in [1.29, 1.82) is 5.41 Å². The van der Waals surface area contributed by atoms with Crippen molar-refractivity contribution in [2.45, 2.75) is 19.9 Å². The number of hydrogen-bond acceptors (Lipinski definition) is 5. The number of nitrogen functional groups attached to an aromatic ring is 1. The van der Waals surface area contributed by atoms with E-state index in [9.17, 15) is 9.18 Å². The van der Waals surface area contributed by atoms with Gasteiger partial charge in [-0.15, -0.1) is 0 Å². The molecule has 2 aromatic rings. The van der Waals surface area contributed by atoms with Crippen molar-refractivity contribution in [2.75, 3.05) is 17.6 Å². The number of amidine groups is 1. The third kappa shape index (κ3) is 4.87. The number of aromatic nitrogens is 2. The number of amides is 2. The quantitative estimate of drug-likeness (QED) is 0.418. The first-order valence-electron chi connectivity index (χ1n) is 7.68. The molecular formula is C16H20FN7O. The zero-order valence-electron chi connectivity index (χ0n) is 13.9. The zero-order chi connectivity index (χ0) is 18.4. The van der Waals surface area contributed by atoms with Crippen LogP contribution >= 0.6 is 0 Å². The Kier molecular flexibility index (Phi) is 5.83. The van der Waals surface area contributed by atoms with Crippen LogP contribution in [-0.2, 0) is 0 Å². The largest absolute Gasteiger partial charge is 0.398 e. The summed E-state index contributed by atoms with van der Waals surface area (Å²) in [6.45, 7) is 4.19. The van der Waals surface area contributed by atoms with Crippen molar-refractivity contribution in [1.82, 2.24) is 20.6 Å². The monoisotopic (exact) mass is 345 g/mol. The number of halogens is 1. The van der Waals surface area contributed by atoms with Crippen LogP contribution in [0.1, 0.15) is 31.1 Å². The molecule has 1 atom stereocenters. The number of urea groups is 1. The summed E-state index contributed by atoms with van der Waals surface area (Å²) in [6, 6.07) is 3.33. The second-order valence-corrected chi connectivity index (χ2v) is 5.28. The lowest BCUT2D eigenvalue weighted by atomic mass is 10.2. The summed E-state index contributed by atoms with van der Waals surface area (Å²) >= 11 is 0. The summed E-state index contributed by atoms with van der Waals surface area (Å²) in [5, 5.41) is 15.9. The summed E-state index contributed by atoms with van der Waals surface area (Å²) in [7, 11) is 0. The van der Waals surface area contributed by atoms with Crippen molar-refractivity contribution in [2.24, 2.45) is 0 Å². The normalized spacial score (nSPS) is 11.5. The van der Waals surface area contributed by atoms with Gasteiger partial charge in [-0.1, -0.05) is 0 Å². The van der Waals surface area contributed by atoms with Crippen LogP contribution < -0.4 is 21.7 Å². The predicted molar refractivity (Wildman–Crippen MR) is 93.9 cm³/mol. The molecule has 0 saturated carbocycles. The van der Waals surface area contributed by atoms with Crippen LogP contribution in [0.5, 0.6) is 0 Å². The Labute approximate surface area is 144 Å². The molecule has 2 rings (SSSR count). The van der Waals surface area contributed by atoms with E-state index in [2.05, 4.69) is 25.9 Å². The van der Waals surface area contributed by atoms with Gasteiger partial charge in [0, 0.05) is 24.5 Å². The molecule has 2 heterocycles. The number of rotatable bonds is 5. The van der Waals surface area contributed by atoms with Crippen LogP contribution in [0.2, 0.25) is 0 Å². The highest BCUT2D eigenvalue weighted by Gasteiger charge is 2.13. The van der Waals surface area contributed by atoms with Crippen LogP contribution in [0.25, 0.3) is 0 Å². The smallest absolute Gasteiger partial charge is 0.320 e. The molecule has 0 radical (unpaired) electrons. The van der Waals surface area contributed by atoms with Gasteiger partial charge in [-0.25, -0.2) is 14.2 Å². The number of nitrogens with two attached hydrogens (primary N) is 1. The topological polar surface area (TPSA) is 129 Å². The molecule has 0 aliphatic heterocycles. The maximum atomic E-state index is 12.9. The standard InChI is InChI=1S/C16H20FN7O/c1-3-20-15(19)11-8-22-14(6-12(11)18)24-16(25)23-9(2)13-5-4-10(17)7-21-13/h4-9H,3H2,1-2H3,(H2,19,20)(H4,18,22,23,24,25). The molecule has 0 bridgehead atoms. The molecule has 9 heteroatoms. The van der Waals surface area contributed by atoms with Crippen LogP contribution in [-0.4, -0.2) is 28.4 Å². The van der Waals surface area contributed by atoms with E-state index in [0.29, 0.717) is 23.5 Å². The van der Waals surface area contributed by atoms with E-state index in [4.69, 9.17) is 11.1 Å². The van der Waals surface area contributed by atoms with Gasteiger partial charge >= 0.3 is 6.03 Å². The highest BCUT2D eigenvalue weighted by atomic mass is 19.1. The average molecular weight is 345 g/mol. The molecule has 0 saturated heterocycles. The van der Waals surface area contributed by atoms with Crippen molar-refractivity contribution < 1.29 is 9.18 Å². The number of anilines is 2. The highest BCUT2D eigenvalue weighted by Crippen LogP contribution is 2.15. The van der Waals surface area contributed by atoms with Gasteiger partial charge in [0.1, 0.15) is 17.5 Å². The van der Waals surface area contributed by atoms with Gasteiger partial charge < -0.3 is 16.4 Å². The molecule has 0 aromatic carbocycles. The Morgan fingerprint density at radius 3 is 2.72 bits per heavy atom. The summed E-state index contributed by atoms with van der Waals surface area (Å²) in [5.41, 5.74) is 7.20. The average Bonchev–Trinajstić information content (AvgIpc) is 2.55. The number of carbonyl (C=O) groups is 1. The summed E-state index contributed by atoms with van der Waals surface area (Å²) in [6.07, 6.45) is 2.51. The number of pyridine rings is 2. The van der Waals surface area contributed by atoms with Crippen molar-refractivity contribution in [3.63, 3.8) is 0 Å². The van der Waals surface area contributed by atoms with E-state index in [1.807, 2.05) is 6.92 Å². The SMILES string of the molecule is CCNC(=N)c1cnc(NC(=O)NC(C)c2ccc(F)cn2)cc1N. The highest BCUT2D eigenvalue weighted by molar-refractivity contribution is 6.01. The first-order valence-corrected chi connectivity index (χ1v) is 7.68. The van der Waals surface area contributed by atoms with Crippen molar-refractivity contribution in [3.05, 3.63) is 47.7 Å². The van der Waals surface area contributed by atoms with E-state index in [1.165, 1.54) is 24.4 Å². The molecule has 0 aliphatic carbocycles. The van der Waals surface area contributed by atoms with E-state index in [1.54, 1.807) is 6.92 Å². The molecule has 0 spiro atoms. The Hall–Kier alpha value is -3.23. The third-order valence-electron chi connectivity index (χ3n) is 3.34. The fourth-order valence-electron chi connectivity index (χ4n) is 2.09. The van der Waals surface area contributed by atoms with Gasteiger partial charge in [0.15, 0.2) is 0 Å². The first-order chi connectivity index (χ1) is 11.9. The maximum absolute atomic E-state index is 12.9. The Bertz CT molecular complexity index is 764. The minimum Gasteiger partial charge on any atom is -0.398 e. The lowest BCUT2D eigenvalue weighted by molar-refractivity contribution is 0.249. The fraction of sp³-hybridized carbons (Fsp3) is 0.250. The molecule has 2 aromatic heterocycles. The van der Waals surface area contributed by atoms with Gasteiger partial charge in [-0.3, -0.25) is 15.7 Å². The second-order valence-electron chi connectivity index (χ2n) is 5.28. The number of nitrogens with one attached hydrogen (secondary N) is 4. The van der Waals surface area contributed by atoms with Gasteiger partial charge in [-0.05, 0) is 26.0 Å². The van der Waals surface area contributed by atoms with E-state index < -0.39 is 17.9 Å². The van der Waals surface area contributed by atoms with Crippen LogP contribution in [0.4, 0.5) is 20.7 Å². The van der Waals surface area contributed by atoms with E-state index >= 15 is 0 Å². The molecule has 0 fully saturated rings. The second kappa shape index (κ2) is 8.04. The molecule has 25 heavy (non-hydrogen) atoms. The Morgan fingerprint density at radius 2 is 2.12 bits per heavy atom. The summed E-state index contributed by atoms with van der Waals surface area (Å²) in [4.78, 5) is 20.0. The minimum atomic E-state index is -0.500. The minimum absolute atomic E-state index is 0.166. The van der Waals surface area contributed by atoms with Crippen molar-refractivity contribution >= 4 is 23.4 Å². The first kappa shape index (κ1) is 18.1. The summed E-state index contributed by atoms with van der Waals surface area (Å²) in [5.74, 6) is -0.0230. The molecule has 8 nitrogen and oxygen atoms in total. The van der Waals surface area contributed by atoms with Gasteiger partial charge in [-0.2, -0.15) is 0 Å². The lowest BCUT2D eigenvalue weighted by Gasteiger charge is -2.14. The third-order valence-corrected chi connectivity index (χ3v) is 3.34. The van der Waals surface area contributed by atoms with Crippen LogP contribution in [0.3, 0.4) is 0 Å². The zero-order valence-corrected chi connectivity index (χ0v) is 13.9. The van der Waals surface area contributed by atoms with Crippen molar-refractivity contribution in [3.8, 4) is 0 Å². The Balaban J connectivity index is 1.99. The van der Waals surface area contributed by atoms with Crippen LogP contribution in [0.15, 0.2) is 30.6 Å². The lowest BCUT2D eigenvalue weighted by Crippen LogP contribution is -2.32. The molecular weight excluding hydrogens is 325 g/mol. The fourth-order valence-corrected chi connectivity index (χ4v) is 2.09. The van der Waals surface area contributed by atoms with E-state index in [0.717, 1.165) is 6.20 Å². The number of hydrogen-bond donors (Lipinski definition) is 5. The van der Waals surface area contributed by atoms with Gasteiger partial charge in [0.25, 0.3) is 0 Å².